The van der Waals surface area contributed by atoms with Gasteiger partial charge in [-0.3, -0.25) is 0 Å². The zero-order valence-corrected chi connectivity index (χ0v) is 10.3. The zero-order valence-electron chi connectivity index (χ0n) is 10.3. The van der Waals surface area contributed by atoms with Crippen molar-refractivity contribution in [2.45, 2.75) is 51.3 Å². The van der Waals surface area contributed by atoms with Crippen LogP contribution in [0, 0.1) is 0 Å². The van der Waals surface area contributed by atoms with E-state index in [1.165, 1.54) is 0 Å². The standard InChI is InChI=1S/C12H18O5/c1-4-15-11(14)7-5-8(13)10-9(6-7)16-12(2,3)17-10/h6,8-10,13H,4-5H2,1-3H3/t8-,9+,10-/m0/s1. The summed E-state index contributed by atoms with van der Waals surface area (Å²) in [4.78, 5) is 11.6. The lowest BCUT2D eigenvalue weighted by Gasteiger charge is -2.26. The van der Waals surface area contributed by atoms with Gasteiger partial charge in [-0.2, -0.15) is 0 Å². The first-order chi connectivity index (χ1) is 7.93. The maximum absolute atomic E-state index is 11.6. The van der Waals surface area contributed by atoms with Gasteiger partial charge in [-0.1, -0.05) is 0 Å². The van der Waals surface area contributed by atoms with Crippen LogP contribution in [0.5, 0.6) is 0 Å². The van der Waals surface area contributed by atoms with E-state index in [0.29, 0.717) is 12.2 Å². The van der Waals surface area contributed by atoms with Crippen molar-refractivity contribution in [2.75, 3.05) is 6.61 Å². The van der Waals surface area contributed by atoms with E-state index in [2.05, 4.69) is 0 Å². The molecule has 3 atom stereocenters. The Morgan fingerprint density at radius 1 is 1.59 bits per heavy atom. The largest absolute Gasteiger partial charge is 0.463 e. The highest BCUT2D eigenvalue weighted by atomic mass is 16.8. The number of carbonyl (C=O) groups is 1. The summed E-state index contributed by atoms with van der Waals surface area (Å²) in [6.07, 6.45) is 0.436. The van der Waals surface area contributed by atoms with Crippen LogP contribution in [0.15, 0.2) is 11.6 Å². The minimum atomic E-state index is -0.730. The topological polar surface area (TPSA) is 65.0 Å². The monoisotopic (exact) mass is 242 g/mol. The van der Waals surface area contributed by atoms with E-state index >= 15 is 0 Å². The summed E-state index contributed by atoms with van der Waals surface area (Å²) in [7, 11) is 0. The van der Waals surface area contributed by atoms with Crippen molar-refractivity contribution in [1.82, 2.24) is 0 Å². The smallest absolute Gasteiger partial charge is 0.333 e. The van der Waals surface area contributed by atoms with Crippen molar-refractivity contribution < 1.29 is 24.1 Å². The van der Waals surface area contributed by atoms with Crippen molar-refractivity contribution in [3.63, 3.8) is 0 Å². The van der Waals surface area contributed by atoms with E-state index < -0.39 is 24.0 Å². The fraction of sp³-hybridized carbons (Fsp3) is 0.750. The lowest BCUT2D eigenvalue weighted by Crippen LogP contribution is -2.39. The van der Waals surface area contributed by atoms with E-state index in [-0.39, 0.29) is 12.5 Å². The SMILES string of the molecule is CCOC(=O)C1=C[C@H]2OC(C)(C)O[C@H]2[C@@H](O)C1. The molecule has 2 aliphatic rings. The van der Waals surface area contributed by atoms with Crippen LogP contribution in [0.4, 0.5) is 0 Å². The Balaban J connectivity index is 2.15. The third-order valence-corrected chi connectivity index (χ3v) is 2.87. The fourth-order valence-corrected chi connectivity index (χ4v) is 2.23. The molecular formula is C12H18O5. The quantitative estimate of drug-likeness (QED) is 0.724. The van der Waals surface area contributed by atoms with Crippen LogP contribution in [0.1, 0.15) is 27.2 Å². The van der Waals surface area contributed by atoms with Gasteiger partial charge in [0.05, 0.1) is 12.7 Å². The summed E-state index contributed by atoms with van der Waals surface area (Å²) < 4.78 is 16.1. The molecule has 1 saturated heterocycles. The van der Waals surface area contributed by atoms with Crippen molar-refractivity contribution in [2.24, 2.45) is 0 Å². The second kappa shape index (κ2) is 4.40. The summed E-state index contributed by atoms with van der Waals surface area (Å²) in [5.74, 6) is -1.12. The number of hydrogen-bond donors (Lipinski definition) is 1. The van der Waals surface area contributed by atoms with Crippen LogP contribution in [-0.2, 0) is 19.0 Å². The van der Waals surface area contributed by atoms with Crippen LogP contribution >= 0.6 is 0 Å². The van der Waals surface area contributed by atoms with Gasteiger partial charge in [0, 0.05) is 12.0 Å². The first-order valence-corrected chi connectivity index (χ1v) is 5.84. The van der Waals surface area contributed by atoms with Gasteiger partial charge in [-0.15, -0.1) is 0 Å². The van der Waals surface area contributed by atoms with Crippen LogP contribution in [0.3, 0.4) is 0 Å². The van der Waals surface area contributed by atoms with Crippen molar-refractivity contribution >= 4 is 5.97 Å². The van der Waals surface area contributed by atoms with Crippen LogP contribution < -0.4 is 0 Å². The molecule has 0 amide bonds. The molecule has 5 nitrogen and oxygen atoms in total. The third kappa shape index (κ3) is 2.51. The lowest BCUT2D eigenvalue weighted by molar-refractivity contribution is -0.152. The Bertz CT molecular complexity index is 347. The minimum absolute atomic E-state index is 0.249. The molecule has 0 radical (unpaired) electrons. The number of esters is 1. The highest BCUT2D eigenvalue weighted by Crippen LogP contribution is 2.36. The van der Waals surface area contributed by atoms with E-state index in [9.17, 15) is 9.90 Å². The number of aliphatic hydroxyl groups excluding tert-OH is 1. The molecule has 0 bridgehead atoms. The Morgan fingerprint density at radius 2 is 2.29 bits per heavy atom. The Hall–Kier alpha value is -0.910. The molecule has 0 saturated carbocycles. The number of fused-ring (bicyclic) bond motifs is 1. The second-order valence-electron chi connectivity index (χ2n) is 4.75. The molecule has 1 N–H and O–H groups in total. The predicted octanol–water partition coefficient (Wildman–Crippen LogP) is 0.761. The molecule has 0 aromatic rings. The molecule has 0 unspecified atom stereocenters. The normalized spacial score (nSPS) is 35.1. The highest BCUT2D eigenvalue weighted by Gasteiger charge is 2.47. The molecule has 2 rings (SSSR count). The molecule has 96 valence electrons. The molecule has 1 aliphatic carbocycles. The summed E-state index contributed by atoms with van der Waals surface area (Å²) in [6, 6.07) is 0. The summed E-state index contributed by atoms with van der Waals surface area (Å²) in [5, 5.41) is 9.95. The first-order valence-electron chi connectivity index (χ1n) is 5.84. The number of rotatable bonds is 2. The average Bonchev–Trinajstić information content (AvgIpc) is 2.53. The maximum Gasteiger partial charge on any atom is 0.333 e. The Morgan fingerprint density at radius 3 is 2.94 bits per heavy atom. The van der Waals surface area contributed by atoms with Gasteiger partial charge in [0.15, 0.2) is 5.79 Å². The molecule has 1 heterocycles. The summed E-state index contributed by atoms with van der Waals surface area (Å²) >= 11 is 0. The predicted molar refractivity (Wildman–Crippen MR) is 59.2 cm³/mol. The third-order valence-electron chi connectivity index (χ3n) is 2.87. The number of aliphatic hydroxyl groups is 1. The van der Waals surface area contributed by atoms with Gasteiger partial charge in [0.2, 0.25) is 0 Å². The second-order valence-corrected chi connectivity index (χ2v) is 4.75. The van der Waals surface area contributed by atoms with Crippen molar-refractivity contribution in [3.05, 3.63) is 11.6 Å². The van der Waals surface area contributed by atoms with Crippen LogP contribution in [-0.4, -0.2) is 41.8 Å². The molecule has 0 aromatic heterocycles. The number of ether oxygens (including phenoxy) is 3. The van der Waals surface area contributed by atoms with Gasteiger partial charge in [-0.05, 0) is 26.8 Å². The van der Waals surface area contributed by atoms with Crippen LogP contribution in [0.25, 0.3) is 0 Å². The number of carbonyl (C=O) groups excluding carboxylic acids is 1. The van der Waals surface area contributed by atoms with Crippen LogP contribution in [0.2, 0.25) is 0 Å². The van der Waals surface area contributed by atoms with E-state index in [1.807, 2.05) is 0 Å². The molecule has 17 heavy (non-hydrogen) atoms. The fourth-order valence-electron chi connectivity index (χ4n) is 2.23. The highest BCUT2D eigenvalue weighted by molar-refractivity contribution is 5.88. The van der Waals surface area contributed by atoms with Gasteiger partial charge in [-0.25, -0.2) is 4.79 Å². The molecule has 1 aliphatic heterocycles. The Kier molecular flexibility index (Phi) is 3.25. The summed E-state index contributed by atoms with van der Waals surface area (Å²) in [6.45, 7) is 5.65. The number of hydrogen-bond acceptors (Lipinski definition) is 5. The molecule has 0 aromatic carbocycles. The van der Waals surface area contributed by atoms with E-state index in [1.54, 1.807) is 26.8 Å². The van der Waals surface area contributed by atoms with Crippen molar-refractivity contribution in [3.8, 4) is 0 Å². The molecule has 1 fully saturated rings. The van der Waals surface area contributed by atoms with Gasteiger partial charge in [0.25, 0.3) is 0 Å². The first kappa shape index (κ1) is 12.5. The molecule has 5 heteroatoms. The lowest BCUT2D eigenvalue weighted by atomic mass is 9.92. The zero-order chi connectivity index (χ0) is 12.6. The van der Waals surface area contributed by atoms with E-state index in [4.69, 9.17) is 14.2 Å². The van der Waals surface area contributed by atoms with Crippen molar-refractivity contribution in [1.29, 1.82) is 0 Å². The van der Waals surface area contributed by atoms with Gasteiger partial charge >= 0.3 is 5.97 Å². The maximum atomic E-state index is 11.6. The Labute approximate surface area is 100 Å². The van der Waals surface area contributed by atoms with Gasteiger partial charge in [0.1, 0.15) is 12.2 Å². The summed E-state index contributed by atoms with van der Waals surface area (Å²) in [5.41, 5.74) is 0.460. The minimum Gasteiger partial charge on any atom is -0.463 e. The van der Waals surface area contributed by atoms with Gasteiger partial charge < -0.3 is 19.3 Å². The van der Waals surface area contributed by atoms with E-state index in [0.717, 1.165) is 0 Å². The molecule has 0 spiro atoms. The average molecular weight is 242 g/mol. The molecular weight excluding hydrogens is 224 g/mol.